The van der Waals surface area contributed by atoms with Crippen molar-refractivity contribution in [3.63, 3.8) is 0 Å². The molecule has 86 valence electrons. The van der Waals surface area contributed by atoms with Crippen molar-refractivity contribution in [1.29, 1.82) is 0 Å². The smallest absolute Gasteiger partial charge is 0.323 e. The van der Waals surface area contributed by atoms with Crippen LogP contribution in [0.15, 0.2) is 0 Å². The zero-order valence-corrected chi connectivity index (χ0v) is 9.17. The van der Waals surface area contributed by atoms with Crippen LogP contribution in [0.5, 0.6) is 0 Å². The molecular weight excluding hydrogens is 196 g/mol. The van der Waals surface area contributed by atoms with Crippen LogP contribution in [-0.4, -0.2) is 29.7 Å². The average Bonchev–Trinajstić information content (AvgIpc) is 2.42. The summed E-state index contributed by atoms with van der Waals surface area (Å²) in [5, 5.41) is 13.4. The second-order valence-corrected chi connectivity index (χ2v) is 4.82. The van der Waals surface area contributed by atoms with Crippen molar-refractivity contribution in [2.45, 2.75) is 39.2 Å². The number of amides is 2. The topological polar surface area (TPSA) is 78.4 Å². The van der Waals surface area contributed by atoms with E-state index in [9.17, 15) is 9.59 Å². The summed E-state index contributed by atoms with van der Waals surface area (Å²) >= 11 is 0. The molecule has 1 unspecified atom stereocenters. The van der Waals surface area contributed by atoms with Gasteiger partial charge in [0.15, 0.2) is 0 Å². The molecule has 1 atom stereocenters. The Morgan fingerprint density at radius 2 is 2.13 bits per heavy atom. The van der Waals surface area contributed by atoms with Crippen LogP contribution in [0.25, 0.3) is 0 Å². The van der Waals surface area contributed by atoms with E-state index in [1.165, 1.54) is 0 Å². The van der Waals surface area contributed by atoms with E-state index in [2.05, 4.69) is 24.5 Å². The van der Waals surface area contributed by atoms with E-state index in [1.54, 1.807) is 0 Å². The van der Waals surface area contributed by atoms with Gasteiger partial charge in [0.25, 0.3) is 0 Å². The summed E-state index contributed by atoms with van der Waals surface area (Å²) in [4.78, 5) is 21.4. The highest BCUT2D eigenvalue weighted by Gasteiger charge is 2.31. The standard InChI is InChI=1S/C10H18N2O3/c1-10(2)4-3-7(5-10)12-9(15)11-6-8(13)14/h7H,3-6H2,1-2H3,(H,13,14)(H2,11,12,15). The minimum Gasteiger partial charge on any atom is -0.480 e. The molecule has 1 aliphatic carbocycles. The zero-order chi connectivity index (χ0) is 11.5. The fourth-order valence-electron chi connectivity index (χ4n) is 1.95. The highest BCUT2D eigenvalue weighted by atomic mass is 16.4. The maximum absolute atomic E-state index is 11.2. The van der Waals surface area contributed by atoms with E-state index in [0.29, 0.717) is 0 Å². The molecule has 0 aromatic carbocycles. The number of hydrogen-bond acceptors (Lipinski definition) is 2. The Morgan fingerprint density at radius 3 is 2.60 bits per heavy atom. The lowest BCUT2D eigenvalue weighted by molar-refractivity contribution is -0.135. The molecule has 0 saturated heterocycles. The van der Waals surface area contributed by atoms with Gasteiger partial charge in [0.05, 0.1) is 0 Å². The summed E-state index contributed by atoms with van der Waals surface area (Å²) in [6.07, 6.45) is 3.01. The van der Waals surface area contributed by atoms with Crippen molar-refractivity contribution in [2.24, 2.45) is 5.41 Å². The van der Waals surface area contributed by atoms with E-state index in [4.69, 9.17) is 5.11 Å². The van der Waals surface area contributed by atoms with Gasteiger partial charge in [0.2, 0.25) is 0 Å². The van der Waals surface area contributed by atoms with Crippen LogP contribution in [0.4, 0.5) is 4.79 Å². The third-order valence-electron chi connectivity index (χ3n) is 2.70. The summed E-state index contributed by atoms with van der Waals surface area (Å²) in [5.74, 6) is -1.03. The van der Waals surface area contributed by atoms with Crippen molar-refractivity contribution >= 4 is 12.0 Å². The predicted molar refractivity (Wildman–Crippen MR) is 55.6 cm³/mol. The Balaban J connectivity index is 2.25. The number of urea groups is 1. The largest absolute Gasteiger partial charge is 0.480 e. The minimum atomic E-state index is -1.03. The molecule has 15 heavy (non-hydrogen) atoms. The molecule has 0 aromatic rings. The van der Waals surface area contributed by atoms with Gasteiger partial charge in [-0.15, -0.1) is 0 Å². The number of carbonyl (C=O) groups is 2. The van der Waals surface area contributed by atoms with Gasteiger partial charge in [0, 0.05) is 6.04 Å². The quantitative estimate of drug-likeness (QED) is 0.654. The monoisotopic (exact) mass is 214 g/mol. The summed E-state index contributed by atoms with van der Waals surface area (Å²) in [7, 11) is 0. The maximum Gasteiger partial charge on any atom is 0.323 e. The molecule has 0 aliphatic heterocycles. The molecule has 5 nitrogen and oxygen atoms in total. The molecule has 1 rings (SSSR count). The van der Waals surface area contributed by atoms with E-state index < -0.39 is 5.97 Å². The van der Waals surface area contributed by atoms with E-state index in [0.717, 1.165) is 19.3 Å². The Labute approximate surface area is 89.2 Å². The molecule has 0 radical (unpaired) electrons. The molecule has 1 aliphatic rings. The Kier molecular flexibility index (Phi) is 3.55. The van der Waals surface area contributed by atoms with Gasteiger partial charge in [0.1, 0.15) is 6.54 Å². The lowest BCUT2D eigenvalue weighted by Crippen LogP contribution is -2.43. The molecular formula is C10H18N2O3. The Morgan fingerprint density at radius 1 is 1.47 bits per heavy atom. The minimum absolute atomic E-state index is 0.175. The lowest BCUT2D eigenvalue weighted by Gasteiger charge is -2.17. The highest BCUT2D eigenvalue weighted by Crippen LogP contribution is 2.36. The first-order valence-corrected chi connectivity index (χ1v) is 5.15. The lowest BCUT2D eigenvalue weighted by atomic mass is 9.92. The van der Waals surface area contributed by atoms with Gasteiger partial charge >= 0.3 is 12.0 Å². The van der Waals surface area contributed by atoms with Gasteiger partial charge in [-0.3, -0.25) is 4.79 Å². The molecule has 3 N–H and O–H groups in total. The predicted octanol–water partition coefficient (Wildman–Crippen LogP) is 0.949. The van der Waals surface area contributed by atoms with Crippen LogP contribution in [0.2, 0.25) is 0 Å². The number of rotatable bonds is 3. The molecule has 5 heteroatoms. The van der Waals surface area contributed by atoms with Crippen LogP contribution in [-0.2, 0) is 4.79 Å². The first-order valence-electron chi connectivity index (χ1n) is 5.15. The third-order valence-corrected chi connectivity index (χ3v) is 2.70. The third kappa shape index (κ3) is 4.18. The maximum atomic E-state index is 11.2. The number of aliphatic carboxylic acids is 1. The first-order chi connectivity index (χ1) is 6.89. The molecule has 1 saturated carbocycles. The van der Waals surface area contributed by atoms with Gasteiger partial charge in [-0.05, 0) is 24.7 Å². The van der Waals surface area contributed by atoms with Crippen molar-refractivity contribution in [3.8, 4) is 0 Å². The van der Waals surface area contributed by atoms with E-state index in [1.807, 2.05) is 0 Å². The highest BCUT2D eigenvalue weighted by molar-refractivity contribution is 5.79. The van der Waals surface area contributed by atoms with Gasteiger partial charge in [-0.2, -0.15) is 0 Å². The normalized spacial score (nSPS) is 23.5. The first kappa shape index (κ1) is 11.8. The van der Waals surface area contributed by atoms with Gasteiger partial charge in [-0.25, -0.2) is 4.79 Å². The number of nitrogens with one attached hydrogen (secondary N) is 2. The van der Waals surface area contributed by atoms with Crippen LogP contribution in [0.3, 0.4) is 0 Å². The van der Waals surface area contributed by atoms with Crippen LogP contribution >= 0.6 is 0 Å². The summed E-state index contributed by atoms with van der Waals surface area (Å²) in [6.45, 7) is 4.01. The van der Waals surface area contributed by atoms with Crippen molar-refractivity contribution in [2.75, 3.05) is 6.54 Å². The van der Waals surface area contributed by atoms with Crippen LogP contribution in [0.1, 0.15) is 33.1 Å². The van der Waals surface area contributed by atoms with Crippen molar-refractivity contribution in [1.82, 2.24) is 10.6 Å². The molecule has 0 aromatic heterocycles. The van der Waals surface area contributed by atoms with E-state index in [-0.39, 0.29) is 24.0 Å². The summed E-state index contributed by atoms with van der Waals surface area (Å²) in [6, 6.07) is -0.214. The fraction of sp³-hybridized carbons (Fsp3) is 0.800. The Bertz CT molecular complexity index is 263. The Hall–Kier alpha value is -1.26. The number of carboxylic acid groups (broad SMARTS) is 1. The number of carbonyl (C=O) groups excluding carboxylic acids is 1. The number of hydrogen-bond donors (Lipinski definition) is 3. The molecule has 0 spiro atoms. The second kappa shape index (κ2) is 4.51. The number of carboxylic acids is 1. The molecule has 0 heterocycles. The van der Waals surface area contributed by atoms with Gasteiger partial charge in [-0.1, -0.05) is 13.8 Å². The SMILES string of the molecule is CC1(C)CCC(NC(=O)NCC(=O)O)C1. The van der Waals surface area contributed by atoms with Gasteiger partial charge < -0.3 is 15.7 Å². The average molecular weight is 214 g/mol. The van der Waals surface area contributed by atoms with Crippen LogP contribution < -0.4 is 10.6 Å². The van der Waals surface area contributed by atoms with Crippen LogP contribution in [0, 0.1) is 5.41 Å². The zero-order valence-electron chi connectivity index (χ0n) is 9.17. The summed E-state index contributed by atoms with van der Waals surface area (Å²) < 4.78 is 0. The molecule has 2 amide bonds. The molecule has 1 fully saturated rings. The fourth-order valence-corrected chi connectivity index (χ4v) is 1.95. The van der Waals surface area contributed by atoms with Crippen molar-refractivity contribution < 1.29 is 14.7 Å². The molecule has 0 bridgehead atoms. The summed E-state index contributed by atoms with van der Waals surface area (Å²) in [5.41, 5.74) is 0.282. The van der Waals surface area contributed by atoms with Crippen molar-refractivity contribution in [3.05, 3.63) is 0 Å². The second-order valence-electron chi connectivity index (χ2n) is 4.82. The van der Waals surface area contributed by atoms with E-state index >= 15 is 0 Å².